The SMILES string of the molecule is CC1C2=C(CC(C)(C)CC2=O)Nc2nc(Cl)sc2C1c1ccccc1. The number of hydrogen-bond donors (Lipinski definition) is 1. The van der Waals surface area contributed by atoms with E-state index in [4.69, 9.17) is 11.6 Å². The Bertz CT molecular complexity index is 869. The predicted octanol–water partition coefficient (Wildman–Crippen LogP) is 5.63. The molecule has 2 aromatic rings. The van der Waals surface area contributed by atoms with Gasteiger partial charge < -0.3 is 5.32 Å². The molecule has 0 fully saturated rings. The number of nitrogens with zero attached hydrogens (tertiary/aromatic N) is 1. The van der Waals surface area contributed by atoms with Crippen LogP contribution in [0.25, 0.3) is 0 Å². The number of ketones is 1. The number of thiazole rings is 1. The number of Topliss-reactive ketones (excluding diaryl/α,β-unsaturated/α-hetero) is 1. The largest absolute Gasteiger partial charge is 0.342 e. The van der Waals surface area contributed by atoms with Crippen LogP contribution < -0.4 is 5.32 Å². The second kappa shape index (κ2) is 5.96. The van der Waals surface area contributed by atoms with Crippen LogP contribution in [0.2, 0.25) is 4.47 Å². The number of allylic oxidation sites excluding steroid dienone is 2. The van der Waals surface area contributed by atoms with Crippen molar-refractivity contribution in [1.29, 1.82) is 0 Å². The third-order valence-corrected chi connectivity index (χ3v) is 6.46. The number of hydrogen-bond acceptors (Lipinski definition) is 4. The van der Waals surface area contributed by atoms with E-state index >= 15 is 0 Å². The van der Waals surface area contributed by atoms with E-state index in [0.717, 1.165) is 28.4 Å². The maximum absolute atomic E-state index is 13.0. The van der Waals surface area contributed by atoms with Crippen LogP contribution in [0.5, 0.6) is 0 Å². The number of fused-ring (bicyclic) bond motifs is 1. The number of aromatic nitrogens is 1. The summed E-state index contributed by atoms with van der Waals surface area (Å²) >= 11 is 7.76. The van der Waals surface area contributed by atoms with Crippen molar-refractivity contribution in [2.24, 2.45) is 11.3 Å². The molecule has 1 aliphatic carbocycles. The zero-order chi connectivity index (χ0) is 17.8. The minimum atomic E-state index is -0.0325. The van der Waals surface area contributed by atoms with Gasteiger partial charge in [-0.1, -0.05) is 62.7 Å². The van der Waals surface area contributed by atoms with Crippen molar-refractivity contribution >= 4 is 34.5 Å². The van der Waals surface area contributed by atoms with Crippen LogP contribution in [0.4, 0.5) is 5.82 Å². The molecule has 0 amide bonds. The van der Waals surface area contributed by atoms with Gasteiger partial charge in [-0.2, -0.15) is 0 Å². The summed E-state index contributed by atoms with van der Waals surface area (Å²) in [6.07, 6.45) is 1.45. The highest BCUT2D eigenvalue weighted by atomic mass is 35.5. The number of benzene rings is 1. The van der Waals surface area contributed by atoms with Crippen molar-refractivity contribution in [1.82, 2.24) is 4.98 Å². The van der Waals surface area contributed by atoms with E-state index in [9.17, 15) is 4.79 Å². The molecule has 0 bridgehead atoms. The Morgan fingerprint density at radius 1 is 1.24 bits per heavy atom. The molecule has 25 heavy (non-hydrogen) atoms. The molecule has 2 atom stereocenters. The Labute approximate surface area is 157 Å². The quantitative estimate of drug-likeness (QED) is 0.704. The van der Waals surface area contributed by atoms with Crippen LogP contribution in [0.1, 0.15) is 50.0 Å². The fraction of sp³-hybridized carbons (Fsp3) is 0.400. The number of rotatable bonds is 1. The van der Waals surface area contributed by atoms with Gasteiger partial charge in [0, 0.05) is 23.6 Å². The standard InChI is InChI=1S/C20H21ClN2OS/c1-11-15(12-7-5-4-6-8-12)17-18(23-19(21)25-17)22-13-9-20(2,3)10-14(24)16(11)13/h4-8,11,15,22H,9-10H2,1-3H3. The average Bonchev–Trinajstić information content (AvgIpc) is 2.82. The lowest BCUT2D eigenvalue weighted by atomic mass is 9.70. The lowest BCUT2D eigenvalue weighted by molar-refractivity contribution is -0.118. The van der Waals surface area contributed by atoms with Crippen molar-refractivity contribution in [2.45, 2.75) is 39.5 Å². The second-order valence-electron chi connectivity index (χ2n) is 7.81. The zero-order valence-corrected chi connectivity index (χ0v) is 16.2. The molecule has 1 aromatic heterocycles. The van der Waals surface area contributed by atoms with Crippen LogP contribution in [-0.4, -0.2) is 10.8 Å². The minimum absolute atomic E-state index is 0.0325. The van der Waals surface area contributed by atoms with E-state index in [1.807, 2.05) is 18.2 Å². The molecule has 130 valence electrons. The van der Waals surface area contributed by atoms with Gasteiger partial charge in [0.15, 0.2) is 10.3 Å². The molecule has 0 spiro atoms. The molecule has 0 saturated heterocycles. The summed E-state index contributed by atoms with van der Waals surface area (Å²) in [5, 5.41) is 3.47. The van der Waals surface area contributed by atoms with Crippen LogP contribution >= 0.6 is 22.9 Å². The molecule has 4 rings (SSSR count). The highest BCUT2D eigenvalue weighted by Crippen LogP contribution is 2.50. The Hall–Kier alpha value is -1.65. The lowest BCUT2D eigenvalue weighted by Crippen LogP contribution is -2.31. The van der Waals surface area contributed by atoms with Gasteiger partial charge in [0.2, 0.25) is 0 Å². The molecule has 1 aromatic carbocycles. The summed E-state index contributed by atoms with van der Waals surface area (Å²) in [6.45, 7) is 6.46. The van der Waals surface area contributed by atoms with Gasteiger partial charge in [-0.3, -0.25) is 4.79 Å². The summed E-state index contributed by atoms with van der Waals surface area (Å²) in [5.74, 6) is 1.25. The van der Waals surface area contributed by atoms with Crippen LogP contribution in [0.15, 0.2) is 41.6 Å². The second-order valence-corrected chi connectivity index (χ2v) is 9.43. The average molecular weight is 373 g/mol. The number of carbonyl (C=O) groups is 1. The van der Waals surface area contributed by atoms with Crippen molar-refractivity contribution in [3.05, 3.63) is 56.5 Å². The molecule has 0 radical (unpaired) electrons. The van der Waals surface area contributed by atoms with E-state index in [0.29, 0.717) is 10.9 Å². The van der Waals surface area contributed by atoms with Crippen molar-refractivity contribution in [3.63, 3.8) is 0 Å². The normalized spacial score (nSPS) is 25.0. The highest BCUT2D eigenvalue weighted by Gasteiger charge is 2.41. The fourth-order valence-electron chi connectivity index (χ4n) is 4.22. The smallest absolute Gasteiger partial charge is 0.185 e. The van der Waals surface area contributed by atoms with Gasteiger partial charge >= 0.3 is 0 Å². The van der Waals surface area contributed by atoms with E-state index < -0.39 is 0 Å². The van der Waals surface area contributed by atoms with E-state index in [2.05, 4.69) is 43.2 Å². The van der Waals surface area contributed by atoms with Gasteiger partial charge in [-0.15, -0.1) is 11.3 Å². The van der Waals surface area contributed by atoms with Crippen molar-refractivity contribution in [3.8, 4) is 0 Å². The molecule has 5 heteroatoms. The Morgan fingerprint density at radius 3 is 2.68 bits per heavy atom. The van der Waals surface area contributed by atoms with Crippen molar-refractivity contribution in [2.75, 3.05) is 5.32 Å². The van der Waals surface area contributed by atoms with E-state index in [-0.39, 0.29) is 23.0 Å². The first kappa shape index (κ1) is 16.8. The summed E-state index contributed by atoms with van der Waals surface area (Å²) in [6, 6.07) is 10.4. The number of halogens is 1. The maximum atomic E-state index is 13.0. The zero-order valence-electron chi connectivity index (χ0n) is 14.6. The van der Waals surface area contributed by atoms with Gasteiger partial charge in [0.25, 0.3) is 0 Å². The summed E-state index contributed by atoms with van der Waals surface area (Å²) < 4.78 is 0.538. The molecule has 3 nitrogen and oxygen atoms in total. The summed E-state index contributed by atoms with van der Waals surface area (Å²) in [5.41, 5.74) is 3.13. The molecule has 1 aliphatic heterocycles. The van der Waals surface area contributed by atoms with E-state index in [1.165, 1.54) is 16.9 Å². The highest BCUT2D eigenvalue weighted by molar-refractivity contribution is 7.16. The molecule has 2 unspecified atom stereocenters. The van der Waals surface area contributed by atoms with Gasteiger partial charge in [0.05, 0.1) is 4.88 Å². The third-order valence-electron chi connectivity index (χ3n) is 5.21. The van der Waals surface area contributed by atoms with Crippen LogP contribution in [-0.2, 0) is 4.79 Å². The Morgan fingerprint density at radius 2 is 1.96 bits per heavy atom. The van der Waals surface area contributed by atoms with Crippen LogP contribution in [0.3, 0.4) is 0 Å². The molecular weight excluding hydrogens is 352 g/mol. The summed E-state index contributed by atoms with van der Waals surface area (Å²) in [4.78, 5) is 18.6. The minimum Gasteiger partial charge on any atom is -0.342 e. The third kappa shape index (κ3) is 2.91. The first-order valence-corrected chi connectivity index (χ1v) is 9.79. The molecule has 2 aliphatic rings. The number of nitrogens with one attached hydrogen (secondary N) is 1. The monoisotopic (exact) mass is 372 g/mol. The first-order chi connectivity index (χ1) is 11.9. The van der Waals surface area contributed by atoms with Gasteiger partial charge in [-0.05, 0) is 23.3 Å². The number of carbonyl (C=O) groups excluding carboxylic acids is 1. The van der Waals surface area contributed by atoms with Crippen LogP contribution in [0, 0.1) is 11.3 Å². The van der Waals surface area contributed by atoms with E-state index in [1.54, 1.807) is 0 Å². The maximum Gasteiger partial charge on any atom is 0.185 e. The molecule has 1 N–H and O–H groups in total. The lowest BCUT2D eigenvalue weighted by Gasteiger charge is -2.34. The van der Waals surface area contributed by atoms with Gasteiger partial charge in [0.1, 0.15) is 5.82 Å². The summed E-state index contributed by atoms with van der Waals surface area (Å²) in [7, 11) is 0. The topological polar surface area (TPSA) is 42.0 Å². The molecule has 2 heterocycles. The molecular formula is C20H21ClN2OS. The molecule has 0 saturated carbocycles. The predicted molar refractivity (Wildman–Crippen MR) is 103 cm³/mol. The Balaban J connectivity index is 1.91. The Kier molecular flexibility index (Phi) is 4.00. The first-order valence-electron chi connectivity index (χ1n) is 8.60. The fourth-order valence-corrected chi connectivity index (χ4v) is 5.53. The number of anilines is 1. The van der Waals surface area contributed by atoms with Crippen molar-refractivity contribution < 1.29 is 4.79 Å². The van der Waals surface area contributed by atoms with Gasteiger partial charge in [-0.25, -0.2) is 4.98 Å².